The van der Waals surface area contributed by atoms with Gasteiger partial charge in [-0.05, 0) is 66.3 Å². The second kappa shape index (κ2) is 10.9. The molecule has 164 valence electrons. The number of halogens is 1. The van der Waals surface area contributed by atoms with Crippen molar-refractivity contribution in [3.05, 3.63) is 59.9 Å². The van der Waals surface area contributed by atoms with Crippen molar-refractivity contribution >= 4 is 22.7 Å². The van der Waals surface area contributed by atoms with Gasteiger partial charge in [0.05, 0.1) is 5.52 Å². The first-order valence-corrected chi connectivity index (χ1v) is 11.2. The largest absolute Gasteiger partial charge is 0.480 e. The van der Waals surface area contributed by atoms with Gasteiger partial charge < -0.3 is 10.0 Å². The van der Waals surface area contributed by atoms with E-state index in [-0.39, 0.29) is 12.4 Å². The fraction of sp³-hybridized carbons (Fsp3) is 0.385. The Hall–Kier alpha value is -2.95. The number of hydrogen-bond acceptors (Lipinski definition) is 3. The van der Waals surface area contributed by atoms with Gasteiger partial charge in [-0.3, -0.25) is 4.79 Å². The molecule has 0 saturated heterocycles. The third kappa shape index (κ3) is 6.03. The summed E-state index contributed by atoms with van der Waals surface area (Å²) in [7, 11) is 0. The van der Waals surface area contributed by atoms with E-state index in [2.05, 4.69) is 19.1 Å². The number of benzene rings is 2. The minimum absolute atomic E-state index is 0.106. The molecule has 0 amide bonds. The summed E-state index contributed by atoms with van der Waals surface area (Å²) in [6.07, 6.45) is 6.66. The van der Waals surface area contributed by atoms with E-state index in [9.17, 15) is 14.3 Å². The molecule has 0 bridgehead atoms. The highest BCUT2D eigenvalue weighted by Crippen LogP contribution is 2.32. The van der Waals surface area contributed by atoms with E-state index in [4.69, 9.17) is 4.98 Å². The Morgan fingerprint density at radius 3 is 2.45 bits per heavy atom. The van der Waals surface area contributed by atoms with Gasteiger partial charge in [0.2, 0.25) is 0 Å². The number of aromatic nitrogens is 1. The number of carboxylic acids is 1. The van der Waals surface area contributed by atoms with Gasteiger partial charge in [0.25, 0.3) is 0 Å². The van der Waals surface area contributed by atoms with Crippen LogP contribution in [0.4, 0.5) is 10.2 Å². The lowest BCUT2D eigenvalue weighted by Gasteiger charge is -2.23. The molecule has 0 atom stereocenters. The van der Waals surface area contributed by atoms with Crippen molar-refractivity contribution in [3.8, 4) is 11.1 Å². The fourth-order valence-corrected chi connectivity index (χ4v) is 3.91. The van der Waals surface area contributed by atoms with Crippen molar-refractivity contribution in [3.63, 3.8) is 0 Å². The van der Waals surface area contributed by atoms with Gasteiger partial charge in [0.1, 0.15) is 18.2 Å². The maximum Gasteiger partial charge on any atom is 0.323 e. The molecule has 0 aliphatic heterocycles. The molecule has 0 fully saturated rings. The summed E-state index contributed by atoms with van der Waals surface area (Å²) in [5.41, 5.74) is 3.92. The summed E-state index contributed by atoms with van der Waals surface area (Å²) < 4.78 is 13.5. The number of aryl methyl sites for hydroxylation is 1. The van der Waals surface area contributed by atoms with Gasteiger partial charge in [-0.1, -0.05) is 51.3 Å². The summed E-state index contributed by atoms with van der Waals surface area (Å²) in [6, 6.07) is 14.7. The quantitative estimate of drug-likeness (QED) is 0.360. The highest BCUT2D eigenvalue weighted by atomic mass is 19.1. The van der Waals surface area contributed by atoms with Crippen LogP contribution in [0.1, 0.15) is 51.5 Å². The lowest BCUT2D eigenvalue weighted by atomic mass is 9.97. The molecule has 4 nitrogen and oxygen atoms in total. The molecule has 0 unspecified atom stereocenters. The monoisotopic (exact) mass is 422 g/mol. The number of pyridine rings is 1. The predicted octanol–water partition coefficient (Wildman–Crippen LogP) is 6.46. The van der Waals surface area contributed by atoms with Crippen molar-refractivity contribution in [2.75, 3.05) is 18.0 Å². The molecular formula is C26H31FN2O2. The van der Waals surface area contributed by atoms with Crippen LogP contribution < -0.4 is 4.90 Å². The Bertz CT molecular complexity index is 1020. The molecular weight excluding hydrogens is 391 g/mol. The Morgan fingerprint density at radius 2 is 1.77 bits per heavy atom. The van der Waals surface area contributed by atoms with Gasteiger partial charge in [0.15, 0.2) is 0 Å². The third-order valence-corrected chi connectivity index (χ3v) is 5.48. The summed E-state index contributed by atoms with van der Waals surface area (Å²) in [5.74, 6) is -0.537. The van der Waals surface area contributed by atoms with Crippen molar-refractivity contribution in [1.82, 2.24) is 4.98 Å². The number of rotatable bonds is 11. The van der Waals surface area contributed by atoms with Crippen LogP contribution >= 0.6 is 0 Å². The molecule has 1 aromatic heterocycles. The van der Waals surface area contributed by atoms with Crippen LogP contribution in [0.2, 0.25) is 0 Å². The van der Waals surface area contributed by atoms with Crippen molar-refractivity contribution < 1.29 is 14.3 Å². The van der Waals surface area contributed by atoms with Gasteiger partial charge in [-0.25, -0.2) is 9.37 Å². The number of hydrogen-bond donors (Lipinski definition) is 1. The number of nitrogens with zero attached hydrogens (tertiary/aromatic N) is 2. The van der Waals surface area contributed by atoms with Crippen LogP contribution in [0.5, 0.6) is 0 Å². The molecule has 5 heteroatoms. The maximum atomic E-state index is 13.5. The van der Waals surface area contributed by atoms with Crippen molar-refractivity contribution in [2.45, 2.75) is 52.4 Å². The van der Waals surface area contributed by atoms with E-state index in [0.717, 1.165) is 41.3 Å². The molecule has 0 radical (unpaired) electrons. The van der Waals surface area contributed by atoms with E-state index >= 15 is 0 Å². The van der Waals surface area contributed by atoms with Crippen LogP contribution in [0.3, 0.4) is 0 Å². The Morgan fingerprint density at radius 1 is 1.00 bits per heavy atom. The zero-order valence-corrected chi connectivity index (χ0v) is 18.4. The molecule has 1 N–H and O–H groups in total. The zero-order chi connectivity index (χ0) is 22.2. The van der Waals surface area contributed by atoms with Crippen LogP contribution in [0.15, 0.2) is 48.5 Å². The molecule has 3 aromatic rings. The van der Waals surface area contributed by atoms with E-state index in [0.29, 0.717) is 12.4 Å². The van der Waals surface area contributed by atoms with Gasteiger partial charge in [-0.2, -0.15) is 0 Å². The van der Waals surface area contributed by atoms with E-state index in [1.165, 1.54) is 37.0 Å². The Balaban J connectivity index is 2.07. The second-order valence-corrected chi connectivity index (χ2v) is 8.01. The summed E-state index contributed by atoms with van der Waals surface area (Å²) >= 11 is 0. The van der Waals surface area contributed by atoms with Gasteiger partial charge >= 0.3 is 5.97 Å². The number of anilines is 1. The molecule has 0 saturated carbocycles. The molecule has 1 heterocycles. The summed E-state index contributed by atoms with van der Waals surface area (Å²) in [5, 5.41) is 10.4. The first kappa shape index (κ1) is 22.7. The Labute approximate surface area is 183 Å². The highest BCUT2D eigenvalue weighted by Gasteiger charge is 2.16. The minimum atomic E-state index is -0.888. The van der Waals surface area contributed by atoms with Crippen LogP contribution in [-0.4, -0.2) is 29.1 Å². The van der Waals surface area contributed by atoms with Crippen molar-refractivity contribution in [1.29, 1.82) is 0 Å². The molecule has 2 aromatic carbocycles. The molecule has 0 aliphatic carbocycles. The highest BCUT2D eigenvalue weighted by molar-refractivity contribution is 5.96. The van der Waals surface area contributed by atoms with Crippen LogP contribution in [-0.2, 0) is 11.2 Å². The minimum Gasteiger partial charge on any atom is -0.480 e. The topological polar surface area (TPSA) is 53.4 Å². The molecule has 31 heavy (non-hydrogen) atoms. The SMILES string of the molecule is CCCCCCc1ccc2nc(N(CCC)CC(=O)O)cc(-c3ccc(F)cc3)c2c1. The van der Waals surface area contributed by atoms with Crippen LogP contribution in [0, 0.1) is 5.82 Å². The normalized spacial score (nSPS) is 11.1. The average molecular weight is 423 g/mol. The number of carboxylic acid groups (broad SMARTS) is 1. The van der Waals surface area contributed by atoms with Crippen molar-refractivity contribution in [2.24, 2.45) is 0 Å². The lowest BCUT2D eigenvalue weighted by molar-refractivity contribution is -0.135. The number of fused-ring (bicyclic) bond motifs is 1. The number of unbranched alkanes of at least 4 members (excludes halogenated alkanes) is 3. The van der Waals surface area contributed by atoms with Gasteiger partial charge in [0, 0.05) is 11.9 Å². The molecule has 0 aliphatic rings. The standard InChI is InChI=1S/C26H31FN2O2/c1-3-5-6-7-8-19-9-14-24-23(16-19)22(20-10-12-21(27)13-11-20)17-25(28-24)29(15-4-2)18-26(30)31/h9-14,16-17H,3-8,15,18H2,1-2H3,(H,30,31). The fourth-order valence-electron chi connectivity index (χ4n) is 3.91. The molecule has 0 spiro atoms. The first-order valence-electron chi connectivity index (χ1n) is 11.2. The second-order valence-electron chi connectivity index (χ2n) is 8.01. The van der Waals surface area contributed by atoms with E-state index < -0.39 is 5.97 Å². The summed E-state index contributed by atoms with van der Waals surface area (Å²) in [4.78, 5) is 18.0. The zero-order valence-electron chi connectivity index (χ0n) is 18.4. The molecule has 3 rings (SSSR count). The number of carbonyl (C=O) groups is 1. The van der Waals surface area contributed by atoms with Gasteiger partial charge in [-0.15, -0.1) is 0 Å². The number of aliphatic carboxylic acids is 1. The van der Waals surface area contributed by atoms with E-state index in [1.807, 2.05) is 19.1 Å². The third-order valence-electron chi connectivity index (χ3n) is 5.48. The van der Waals surface area contributed by atoms with Crippen LogP contribution in [0.25, 0.3) is 22.0 Å². The van der Waals surface area contributed by atoms with E-state index in [1.54, 1.807) is 17.0 Å². The smallest absolute Gasteiger partial charge is 0.323 e. The summed E-state index contributed by atoms with van der Waals surface area (Å²) in [6.45, 7) is 4.72. The Kier molecular flexibility index (Phi) is 7.99. The maximum absolute atomic E-state index is 13.5. The average Bonchev–Trinajstić information content (AvgIpc) is 2.76. The lowest BCUT2D eigenvalue weighted by Crippen LogP contribution is -2.31. The first-order chi connectivity index (χ1) is 15.0. The predicted molar refractivity (Wildman–Crippen MR) is 125 cm³/mol.